The summed E-state index contributed by atoms with van der Waals surface area (Å²) in [6.45, 7) is 8.28. The first-order valence-electron chi connectivity index (χ1n) is 14.2. The first-order chi connectivity index (χ1) is 20.1. The van der Waals surface area contributed by atoms with Gasteiger partial charge in [0.2, 0.25) is 11.8 Å². The van der Waals surface area contributed by atoms with E-state index >= 15 is 0 Å². The number of nitrogens with one attached hydrogen (secondary N) is 1. The highest BCUT2D eigenvalue weighted by Crippen LogP contribution is 2.28. The van der Waals surface area contributed by atoms with Gasteiger partial charge in [0.05, 0.1) is 17.2 Å². The molecule has 3 rings (SSSR count). The standard InChI is InChI=1S/C32H41N3O5S2/c1-6-21-33-32(37)30(7-2)34(22-25-11-9-24(4)10-12-25)31(36)23-35(26-13-15-27(16-14-26)40-8-3)42(38,39)29-19-17-28(41-5)18-20-29/h9-20,30H,6-8,21-23H2,1-5H3,(H,33,37)/t30-/m1/s1. The molecule has 3 aromatic rings. The third-order valence-electron chi connectivity index (χ3n) is 6.77. The summed E-state index contributed by atoms with van der Waals surface area (Å²) in [5.41, 5.74) is 2.24. The van der Waals surface area contributed by atoms with Crippen LogP contribution in [0.5, 0.6) is 5.75 Å². The van der Waals surface area contributed by atoms with Gasteiger partial charge in [0.15, 0.2) is 0 Å². The summed E-state index contributed by atoms with van der Waals surface area (Å²) in [4.78, 5) is 29.8. The second-order valence-electron chi connectivity index (χ2n) is 9.84. The molecule has 42 heavy (non-hydrogen) atoms. The molecule has 1 N–H and O–H groups in total. The van der Waals surface area contributed by atoms with Crippen molar-refractivity contribution in [2.24, 2.45) is 0 Å². The molecule has 0 fully saturated rings. The first kappa shape index (κ1) is 33.0. The maximum atomic E-state index is 14.1. The third kappa shape index (κ3) is 8.51. The van der Waals surface area contributed by atoms with Crippen molar-refractivity contribution in [1.29, 1.82) is 0 Å². The molecule has 0 aliphatic rings. The minimum atomic E-state index is -4.14. The van der Waals surface area contributed by atoms with E-state index in [0.29, 0.717) is 31.0 Å². The molecule has 226 valence electrons. The second-order valence-corrected chi connectivity index (χ2v) is 12.6. The van der Waals surface area contributed by atoms with E-state index in [4.69, 9.17) is 4.74 Å². The fraction of sp³-hybridized carbons (Fsp3) is 0.375. The number of hydrogen-bond donors (Lipinski definition) is 1. The zero-order valence-corrected chi connectivity index (χ0v) is 26.6. The van der Waals surface area contributed by atoms with Gasteiger partial charge in [0.1, 0.15) is 18.3 Å². The summed E-state index contributed by atoms with van der Waals surface area (Å²) in [7, 11) is -4.14. The smallest absolute Gasteiger partial charge is 0.264 e. The Bertz CT molecular complexity index is 1410. The number of hydrogen-bond acceptors (Lipinski definition) is 6. The van der Waals surface area contributed by atoms with Crippen LogP contribution in [0.15, 0.2) is 82.6 Å². The van der Waals surface area contributed by atoms with Gasteiger partial charge in [-0.25, -0.2) is 8.42 Å². The topological polar surface area (TPSA) is 96.0 Å². The Morgan fingerprint density at radius 1 is 0.929 bits per heavy atom. The predicted molar refractivity (Wildman–Crippen MR) is 169 cm³/mol. The highest BCUT2D eigenvalue weighted by molar-refractivity contribution is 7.98. The zero-order chi connectivity index (χ0) is 30.7. The van der Waals surface area contributed by atoms with E-state index in [2.05, 4.69) is 5.32 Å². The van der Waals surface area contributed by atoms with Crippen molar-refractivity contribution in [2.75, 3.05) is 30.3 Å². The van der Waals surface area contributed by atoms with Crippen LogP contribution < -0.4 is 14.4 Å². The van der Waals surface area contributed by atoms with Gasteiger partial charge in [-0.1, -0.05) is 43.7 Å². The molecular formula is C32H41N3O5S2. The Morgan fingerprint density at radius 3 is 2.12 bits per heavy atom. The van der Waals surface area contributed by atoms with E-state index in [1.54, 1.807) is 48.5 Å². The van der Waals surface area contributed by atoms with E-state index in [1.807, 2.05) is 58.2 Å². The second kappa shape index (κ2) is 15.7. The number of nitrogens with zero attached hydrogens (tertiary/aromatic N) is 2. The van der Waals surface area contributed by atoms with Crippen molar-refractivity contribution >= 4 is 39.3 Å². The number of carbonyl (C=O) groups is 2. The molecule has 0 spiro atoms. The molecule has 0 unspecified atom stereocenters. The number of amides is 2. The molecule has 0 radical (unpaired) electrons. The van der Waals surface area contributed by atoms with Gasteiger partial charge in [-0.2, -0.15) is 0 Å². The molecule has 2 amide bonds. The van der Waals surface area contributed by atoms with Crippen LogP contribution >= 0.6 is 11.8 Å². The van der Waals surface area contributed by atoms with Crippen molar-refractivity contribution in [3.63, 3.8) is 0 Å². The van der Waals surface area contributed by atoms with Crippen LogP contribution in [0.25, 0.3) is 0 Å². The molecule has 3 aromatic carbocycles. The van der Waals surface area contributed by atoms with Crippen LogP contribution in [0.4, 0.5) is 5.69 Å². The maximum absolute atomic E-state index is 14.1. The lowest BCUT2D eigenvalue weighted by atomic mass is 10.1. The quantitative estimate of drug-likeness (QED) is 0.223. The monoisotopic (exact) mass is 611 g/mol. The average Bonchev–Trinajstić information content (AvgIpc) is 3.00. The molecule has 0 saturated heterocycles. The first-order valence-corrected chi connectivity index (χ1v) is 16.8. The van der Waals surface area contributed by atoms with E-state index in [9.17, 15) is 18.0 Å². The van der Waals surface area contributed by atoms with E-state index in [1.165, 1.54) is 16.7 Å². The van der Waals surface area contributed by atoms with Crippen LogP contribution in [-0.2, 0) is 26.2 Å². The average molecular weight is 612 g/mol. The maximum Gasteiger partial charge on any atom is 0.264 e. The van der Waals surface area contributed by atoms with Gasteiger partial charge >= 0.3 is 0 Å². The minimum Gasteiger partial charge on any atom is -0.494 e. The van der Waals surface area contributed by atoms with Crippen molar-refractivity contribution < 1.29 is 22.7 Å². The summed E-state index contributed by atoms with van der Waals surface area (Å²) < 4.78 is 34.8. The summed E-state index contributed by atoms with van der Waals surface area (Å²) in [5.74, 6) is -0.149. The molecule has 10 heteroatoms. The number of ether oxygens (including phenoxy) is 1. The van der Waals surface area contributed by atoms with Crippen LogP contribution in [0.3, 0.4) is 0 Å². The SMILES string of the molecule is CCCNC(=O)[C@@H](CC)N(Cc1ccc(C)cc1)C(=O)CN(c1ccc(OCC)cc1)S(=O)(=O)c1ccc(SC)cc1. The Hall–Kier alpha value is -3.50. The number of anilines is 1. The van der Waals surface area contributed by atoms with Crippen LogP contribution in [-0.4, -0.2) is 57.1 Å². The van der Waals surface area contributed by atoms with Gasteiger partial charge in [0, 0.05) is 18.0 Å². The minimum absolute atomic E-state index is 0.0693. The fourth-order valence-electron chi connectivity index (χ4n) is 4.45. The molecule has 8 nitrogen and oxygen atoms in total. The van der Waals surface area contributed by atoms with E-state index in [-0.39, 0.29) is 17.3 Å². The molecule has 0 bridgehead atoms. The largest absolute Gasteiger partial charge is 0.494 e. The molecule has 1 atom stereocenters. The highest BCUT2D eigenvalue weighted by atomic mass is 32.2. The normalized spacial score (nSPS) is 11.9. The van der Waals surface area contributed by atoms with Crippen molar-refractivity contribution in [1.82, 2.24) is 10.2 Å². The number of aryl methyl sites for hydroxylation is 1. The van der Waals surface area contributed by atoms with Gasteiger partial charge in [0.25, 0.3) is 10.0 Å². The number of thioether (sulfide) groups is 1. The molecule has 0 aromatic heterocycles. The Kier molecular flexibility index (Phi) is 12.3. The number of rotatable bonds is 15. The van der Waals surface area contributed by atoms with Gasteiger partial charge < -0.3 is 15.0 Å². The molecule has 0 saturated carbocycles. The van der Waals surface area contributed by atoms with E-state index in [0.717, 1.165) is 26.7 Å². The lowest BCUT2D eigenvalue weighted by Crippen LogP contribution is -2.52. The third-order valence-corrected chi connectivity index (χ3v) is 9.30. The lowest BCUT2D eigenvalue weighted by Gasteiger charge is -2.33. The summed E-state index contributed by atoms with van der Waals surface area (Å²) in [6.07, 6.45) is 3.05. The van der Waals surface area contributed by atoms with Crippen LogP contribution in [0, 0.1) is 6.92 Å². The zero-order valence-electron chi connectivity index (χ0n) is 25.0. The number of benzene rings is 3. The molecule has 0 aliphatic heterocycles. The van der Waals surface area contributed by atoms with Gasteiger partial charge in [-0.05, 0) is 87.0 Å². The molecular weight excluding hydrogens is 571 g/mol. The summed E-state index contributed by atoms with van der Waals surface area (Å²) >= 11 is 1.51. The van der Waals surface area contributed by atoms with Crippen LogP contribution in [0.1, 0.15) is 44.7 Å². The summed E-state index contributed by atoms with van der Waals surface area (Å²) in [5, 5.41) is 2.90. The molecule has 0 heterocycles. The van der Waals surface area contributed by atoms with Gasteiger partial charge in [-0.15, -0.1) is 11.8 Å². The van der Waals surface area contributed by atoms with Crippen molar-refractivity contribution in [2.45, 2.75) is 62.9 Å². The highest BCUT2D eigenvalue weighted by Gasteiger charge is 2.33. The lowest BCUT2D eigenvalue weighted by molar-refractivity contribution is -0.140. The van der Waals surface area contributed by atoms with Crippen LogP contribution in [0.2, 0.25) is 0 Å². The number of carbonyl (C=O) groups excluding carboxylic acids is 2. The van der Waals surface area contributed by atoms with Gasteiger partial charge in [-0.3, -0.25) is 13.9 Å². The van der Waals surface area contributed by atoms with Crippen molar-refractivity contribution in [3.8, 4) is 5.75 Å². The van der Waals surface area contributed by atoms with E-state index < -0.39 is 28.5 Å². The fourth-order valence-corrected chi connectivity index (χ4v) is 6.28. The Morgan fingerprint density at radius 2 is 1.57 bits per heavy atom. The summed E-state index contributed by atoms with van der Waals surface area (Å²) in [6, 6.07) is 20.2. The number of sulfonamides is 1. The Labute approximate surface area is 254 Å². The van der Waals surface area contributed by atoms with Crippen molar-refractivity contribution in [3.05, 3.63) is 83.9 Å². The Balaban J connectivity index is 2.05. The predicted octanol–water partition coefficient (Wildman–Crippen LogP) is 5.64. The molecule has 0 aliphatic carbocycles.